The molecule has 0 saturated carbocycles. The third-order valence-corrected chi connectivity index (χ3v) is 2.23. The van der Waals surface area contributed by atoms with E-state index < -0.39 is 0 Å². The Hall–Kier alpha value is -0.990. The van der Waals surface area contributed by atoms with Crippen molar-refractivity contribution in [3.05, 3.63) is 46.7 Å². The zero-order valence-corrected chi connectivity index (χ0v) is 8.05. The molecule has 0 bridgehead atoms. The molecule has 2 aromatic rings. The number of nitrogens with zero attached hydrogens (tertiary/aromatic N) is 2. The SMILES string of the molecule is Clc1cccc(Cl)c1-n1c[c]cn1. The Kier molecular flexibility index (Phi) is 2.25. The molecule has 0 aliphatic rings. The first-order chi connectivity index (χ1) is 6.29. The smallest absolute Gasteiger partial charge is 0.102 e. The summed E-state index contributed by atoms with van der Waals surface area (Å²) in [6.07, 6.45) is 3.23. The molecule has 0 N–H and O–H groups in total. The van der Waals surface area contributed by atoms with Crippen LogP contribution in [0, 0.1) is 6.07 Å². The number of hydrogen-bond acceptors (Lipinski definition) is 1. The van der Waals surface area contributed by atoms with Crippen LogP contribution in [0.1, 0.15) is 0 Å². The van der Waals surface area contributed by atoms with E-state index in [0.29, 0.717) is 15.7 Å². The van der Waals surface area contributed by atoms with Crippen LogP contribution >= 0.6 is 23.2 Å². The van der Waals surface area contributed by atoms with Crippen LogP contribution in [0.3, 0.4) is 0 Å². The standard InChI is InChI=1S/C9H5Cl2N2/c10-7-3-1-4-8(11)9(7)13-6-2-5-12-13/h1,3-6H. The van der Waals surface area contributed by atoms with Crippen molar-refractivity contribution in [1.82, 2.24) is 9.78 Å². The van der Waals surface area contributed by atoms with E-state index in [1.54, 1.807) is 35.3 Å². The molecule has 0 aliphatic carbocycles. The summed E-state index contributed by atoms with van der Waals surface area (Å²) in [6, 6.07) is 8.15. The van der Waals surface area contributed by atoms with E-state index in [9.17, 15) is 0 Å². The number of halogens is 2. The monoisotopic (exact) mass is 211 g/mol. The van der Waals surface area contributed by atoms with Crippen molar-refractivity contribution in [3.8, 4) is 5.69 Å². The molecule has 1 radical (unpaired) electrons. The first-order valence-corrected chi connectivity index (χ1v) is 4.40. The van der Waals surface area contributed by atoms with Gasteiger partial charge in [-0.25, -0.2) is 4.68 Å². The fraction of sp³-hybridized carbons (Fsp3) is 0. The molecule has 0 aliphatic heterocycles. The number of rotatable bonds is 1. The van der Waals surface area contributed by atoms with Crippen molar-refractivity contribution in [3.63, 3.8) is 0 Å². The molecule has 0 atom stereocenters. The summed E-state index contributed by atoms with van der Waals surface area (Å²) in [6.45, 7) is 0. The van der Waals surface area contributed by atoms with Crippen LogP contribution in [0.5, 0.6) is 0 Å². The molecule has 1 aromatic heterocycles. The van der Waals surface area contributed by atoms with Gasteiger partial charge in [0, 0.05) is 12.3 Å². The van der Waals surface area contributed by atoms with Gasteiger partial charge in [-0.05, 0) is 12.1 Å². The lowest BCUT2D eigenvalue weighted by molar-refractivity contribution is 0.881. The number of aromatic nitrogens is 2. The maximum absolute atomic E-state index is 5.96. The Labute approximate surface area is 85.7 Å². The molecular formula is C9H5Cl2N2. The number of benzene rings is 1. The van der Waals surface area contributed by atoms with Gasteiger partial charge >= 0.3 is 0 Å². The lowest BCUT2D eigenvalue weighted by atomic mass is 10.3. The van der Waals surface area contributed by atoms with Crippen molar-refractivity contribution in [1.29, 1.82) is 0 Å². The molecule has 0 saturated heterocycles. The predicted octanol–water partition coefficient (Wildman–Crippen LogP) is 2.98. The Morgan fingerprint density at radius 1 is 1.23 bits per heavy atom. The van der Waals surface area contributed by atoms with Gasteiger partial charge in [-0.1, -0.05) is 29.3 Å². The minimum atomic E-state index is 0.574. The normalized spacial score (nSPS) is 10.3. The quantitative estimate of drug-likeness (QED) is 0.710. The van der Waals surface area contributed by atoms with Gasteiger partial charge in [-0.15, -0.1) is 0 Å². The van der Waals surface area contributed by atoms with E-state index in [-0.39, 0.29) is 0 Å². The predicted molar refractivity (Wildman–Crippen MR) is 52.4 cm³/mol. The van der Waals surface area contributed by atoms with E-state index in [2.05, 4.69) is 11.2 Å². The van der Waals surface area contributed by atoms with Crippen LogP contribution in [0.2, 0.25) is 10.0 Å². The van der Waals surface area contributed by atoms with Crippen LogP contribution in [0.15, 0.2) is 30.6 Å². The zero-order chi connectivity index (χ0) is 9.26. The van der Waals surface area contributed by atoms with Crippen molar-refractivity contribution >= 4 is 23.2 Å². The highest BCUT2D eigenvalue weighted by Gasteiger charge is 2.06. The summed E-state index contributed by atoms with van der Waals surface area (Å²) in [5, 5.41) is 5.15. The van der Waals surface area contributed by atoms with Crippen LogP contribution in [-0.2, 0) is 0 Å². The third kappa shape index (κ3) is 1.55. The van der Waals surface area contributed by atoms with Crippen molar-refractivity contribution in [2.24, 2.45) is 0 Å². The van der Waals surface area contributed by atoms with Gasteiger partial charge in [-0.2, -0.15) is 5.10 Å². The Morgan fingerprint density at radius 2 is 1.92 bits per heavy atom. The highest BCUT2D eigenvalue weighted by molar-refractivity contribution is 6.37. The molecule has 1 aromatic carbocycles. The fourth-order valence-electron chi connectivity index (χ4n) is 1.06. The molecule has 0 spiro atoms. The first-order valence-electron chi connectivity index (χ1n) is 3.64. The molecular weight excluding hydrogens is 207 g/mol. The molecule has 65 valence electrons. The van der Waals surface area contributed by atoms with Gasteiger partial charge < -0.3 is 0 Å². The molecule has 13 heavy (non-hydrogen) atoms. The Morgan fingerprint density at radius 3 is 2.46 bits per heavy atom. The minimum Gasteiger partial charge on any atom is -0.237 e. The molecule has 0 amide bonds. The van der Waals surface area contributed by atoms with Gasteiger partial charge in [0.15, 0.2) is 0 Å². The summed E-state index contributed by atoms with van der Waals surface area (Å²) < 4.78 is 1.59. The first kappa shape index (κ1) is 8.60. The zero-order valence-electron chi connectivity index (χ0n) is 6.54. The highest BCUT2D eigenvalue weighted by Crippen LogP contribution is 2.27. The Bertz CT molecular complexity index is 389. The van der Waals surface area contributed by atoms with Crippen LogP contribution in [0.25, 0.3) is 5.69 Å². The summed E-state index contributed by atoms with van der Waals surface area (Å²) in [4.78, 5) is 0. The van der Waals surface area contributed by atoms with Gasteiger partial charge in [0.2, 0.25) is 0 Å². The summed E-state index contributed by atoms with van der Waals surface area (Å²) in [5.74, 6) is 0. The van der Waals surface area contributed by atoms with Crippen LogP contribution in [-0.4, -0.2) is 9.78 Å². The van der Waals surface area contributed by atoms with E-state index in [0.717, 1.165) is 0 Å². The molecule has 2 rings (SSSR count). The second-order valence-electron chi connectivity index (χ2n) is 2.46. The summed E-state index contributed by atoms with van der Waals surface area (Å²) in [7, 11) is 0. The lowest BCUT2D eigenvalue weighted by Gasteiger charge is -2.05. The second kappa shape index (κ2) is 3.40. The minimum absolute atomic E-state index is 0.574. The lowest BCUT2D eigenvalue weighted by Crippen LogP contribution is -1.95. The van der Waals surface area contributed by atoms with Crippen molar-refractivity contribution in [2.75, 3.05) is 0 Å². The molecule has 0 unspecified atom stereocenters. The maximum atomic E-state index is 5.96. The summed E-state index contributed by atoms with van der Waals surface area (Å²) in [5.41, 5.74) is 0.687. The number of para-hydroxylation sites is 1. The van der Waals surface area contributed by atoms with Gasteiger partial charge in [0.1, 0.15) is 5.69 Å². The second-order valence-corrected chi connectivity index (χ2v) is 3.27. The average molecular weight is 212 g/mol. The fourth-order valence-corrected chi connectivity index (χ4v) is 1.63. The van der Waals surface area contributed by atoms with Gasteiger partial charge in [0.05, 0.1) is 16.2 Å². The largest absolute Gasteiger partial charge is 0.237 e. The molecule has 1 heterocycles. The van der Waals surface area contributed by atoms with Gasteiger partial charge in [0.25, 0.3) is 0 Å². The molecule has 0 fully saturated rings. The highest BCUT2D eigenvalue weighted by atomic mass is 35.5. The average Bonchev–Trinajstić information content (AvgIpc) is 2.57. The van der Waals surface area contributed by atoms with E-state index in [1.807, 2.05) is 0 Å². The van der Waals surface area contributed by atoms with Crippen LogP contribution in [0.4, 0.5) is 0 Å². The number of hydrogen-bond donors (Lipinski definition) is 0. The maximum Gasteiger partial charge on any atom is 0.102 e. The summed E-state index contributed by atoms with van der Waals surface area (Å²) >= 11 is 11.9. The molecule has 4 heteroatoms. The van der Waals surface area contributed by atoms with Crippen LogP contribution < -0.4 is 0 Å². The third-order valence-electron chi connectivity index (χ3n) is 1.62. The van der Waals surface area contributed by atoms with Crippen molar-refractivity contribution < 1.29 is 0 Å². The van der Waals surface area contributed by atoms with E-state index in [4.69, 9.17) is 23.2 Å². The topological polar surface area (TPSA) is 17.8 Å². The van der Waals surface area contributed by atoms with Crippen molar-refractivity contribution in [2.45, 2.75) is 0 Å². The van der Waals surface area contributed by atoms with E-state index >= 15 is 0 Å². The van der Waals surface area contributed by atoms with E-state index in [1.165, 1.54) is 0 Å². The Balaban J connectivity index is 2.64. The van der Waals surface area contributed by atoms with Gasteiger partial charge in [-0.3, -0.25) is 0 Å². The molecule has 2 nitrogen and oxygen atoms in total.